The first-order valence-electron chi connectivity index (χ1n) is 9.97. The molecule has 3 N–H and O–H groups in total. The van der Waals surface area contributed by atoms with Gasteiger partial charge < -0.3 is 15.4 Å². The zero-order valence-electron chi connectivity index (χ0n) is 16.9. The van der Waals surface area contributed by atoms with Gasteiger partial charge in [-0.05, 0) is 37.8 Å². The van der Waals surface area contributed by atoms with Crippen molar-refractivity contribution in [1.29, 1.82) is 0 Å². The fourth-order valence-corrected chi connectivity index (χ4v) is 3.30. The second-order valence-electron chi connectivity index (χ2n) is 7.50. The molecule has 0 heterocycles. The summed E-state index contributed by atoms with van der Waals surface area (Å²) < 4.78 is 4.89. The molecule has 0 spiro atoms. The third-order valence-corrected chi connectivity index (χ3v) is 4.93. The second-order valence-corrected chi connectivity index (χ2v) is 7.50. The van der Waals surface area contributed by atoms with Gasteiger partial charge in [-0.25, -0.2) is 4.79 Å². The van der Waals surface area contributed by atoms with Crippen LogP contribution in [0.15, 0.2) is 30.3 Å². The molecule has 0 saturated heterocycles. The lowest BCUT2D eigenvalue weighted by Gasteiger charge is -2.29. The van der Waals surface area contributed by atoms with E-state index >= 15 is 0 Å². The molecular formula is C21H29N3O5. The van der Waals surface area contributed by atoms with Gasteiger partial charge in [0, 0.05) is 17.6 Å². The molecule has 1 aromatic carbocycles. The van der Waals surface area contributed by atoms with E-state index in [4.69, 9.17) is 4.74 Å². The summed E-state index contributed by atoms with van der Waals surface area (Å²) >= 11 is 0. The van der Waals surface area contributed by atoms with Crippen molar-refractivity contribution in [2.75, 3.05) is 6.61 Å². The average molecular weight is 403 g/mol. The summed E-state index contributed by atoms with van der Waals surface area (Å²) in [5, 5.41) is 7.66. The fourth-order valence-electron chi connectivity index (χ4n) is 3.30. The number of hydrogen-bond acceptors (Lipinski definition) is 5. The van der Waals surface area contributed by atoms with Crippen molar-refractivity contribution in [3.8, 4) is 0 Å². The van der Waals surface area contributed by atoms with Crippen LogP contribution >= 0.6 is 0 Å². The van der Waals surface area contributed by atoms with Gasteiger partial charge in [0.1, 0.15) is 0 Å². The fraction of sp³-hybridized carbons (Fsp3) is 0.524. The number of urea groups is 1. The summed E-state index contributed by atoms with van der Waals surface area (Å²) in [7, 11) is 0. The number of ether oxygens (including phenoxy) is 1. The maximum Gasteiger partial charge on any atom is 0.321 e. The molecule has 158 valence electrons. The SMILES string of the molecule is CC(CC(=O)OCC(=O)NC(=O)NC1CCCCC1C)NC(=O)c1ccccc1. The lowest BCUT2D eigenvalue weighted by molar-refractivity contribution is -0.148. The zero-order chi connectivity index (χ0) is 21.2. The van der Waals surface area contributed by atoms with Crippen LogP contribution in [0.25, 0.3) is 0 Å². The normalized spacial score (nSPS) is 19.5. The van der Waals surface area contributed by atoms with Gasteiger partial charge in [0.05, 0.1) is 6.42 Å². The molecule has 3 unspecified atom stereocenters. The van der Waals surface area contributed by atoms with Crippen molar-refractivity contribution in [2.45, 2.75) is 58.0 Å². The van der Waals surface area contributed by atoms with E-state index < -0.39 is 30.6 Å². The number of carbonyl (C=O) groups is 4. The minimum Gasteiger partial charge on any atom is -0.455 e. The molecule has 8 nitrogen and oxygen atoms in total. The molecule has 3 atom stereocenters. The Bertz CT molecular complexity index is 722. The van der Waals surface area contributed by atoms with E-state index in [9.17, 15) is 19.2 Å². The molecule has 8 heteroatoms. The lowest BCUT2D eigenvalue weighted by atomic mass is 9.86. The predicted octanol–water partition coefficient (Wildman–Crippen LogP) is 2.14. The largest absolute Gasteiger partial charge is 0.455 e. The Morgan fingerprint density at radius 2 is 1.79 bits per heavy atom. The molecule has 1 aliphatic rings. The van der Waals surface area contributed by atoms with Crippen molar-refractivity contribution in [1.82, 2.24) is 16.0 Å². The highest BCUT2D eigenvalue weighted by Crippen LogP contribution is 2.23. The highest BCUT2D eigenvalue weighted by Gasteiger charge is 2.23. The quantitative estimate of drug-likeness (QED) is 0.604. The smallest absolute Gasteiger partial charge is 0.321 e. The van der Waals surface area contributed by atoms with Crippen LogP contribution in [0.2, 0.25) is 0 Å². The first kappa shape index (κ1) is 22.4. The number of hydrogen-bond donors (Lipinski definition) is 3. The van der Waals surface area contributed by atoms with Gasteiger partial charge >= 0.3 is 12.0 Å². The molecule has 29 heavy (non-hydrogen) atoms. The van der Waals surface area contributed by atoms with Crippen LogP contribution in [0.1, 0.15) is 56.3 Å². The highest BCUT2D eigenvalue weighted by molar-refractivity contribution is 5.96. The molecule has 1 aromatic rings. The summed E-state index contributed by atoms with van der Waals surface area (Å²) in [6.45, 7) is 3.19. The van der Waals surface area contributed by atoms with Crippen LogP contribution in [0.3, 0.4) is 0 Å². The topological polar surface area (TPSA) is 114 Å². The second kappa shape index (κ2) is 11.2. The molecule has 1 fully saturated rings. The van der Waals surface area contributed by atoms with Gasteiger partial charge in [0.15, 0.2) is 6.61 Å². The monoisotopic (exact) mass is 403 g/mol. The number of carbonyl (C=O) groups excluding carboxylic acids is 4. The van der Waals surface area contributed by atoms with E-state index in [-0.39, 0.29) is 18.4 Å². The number of rotatable bonds is 7. The minimum atomic E-state index is -0.694. The summed E-state index contributed by atoms with van der Waals surface area (Å²) in [6.07, 6.45) is 4.07. The van der Waals surface area contributed by atoms with E-state index in [1.54, 1.807) is 37.3 Å². The predicted molar refractivity (Wildman–Crippen MR) is 107 cm³/mol. The summed E-state index contributed by atoms with van der Waals surface area (Å²) in [6, 6.07) is 7.65. The van der Waals surface area contributed by atoms with E-state index in [2.05, 4.69) is 22.9 Å². The van der Waals surface area contributed by atoms with E-state index in [0.29, 0.717) is 11.5 Å². The Balaban J connectivity index is 1.65. The average Bonchev–Trinajstić information content (AvgIpc) is 2.68. The van der Waals surface area contributed by atoms with Crippen LogP contribution in [-0.2, 0) is 14.3 Å². The van der Waals surface area contributed by atoms with Crippen molar-refractivity contribution in [2.24, 2.45) is 5.92 Å². The summed E-state index contributed by atoms with van der Waals surface area (Å²) in [5.41, 5.74) is 0.491. The Morgan fingerprint density at radius 1 is 1.10 bits per heavy atom. The number of nitrogens with one attached hydrogen (secondary N) is 3. The van der Waals surface area contributed by atoms with Gasteiger partial charge in [0.2, 0.25) is 0 Å². The van der Waals surface area contributed by atoms with Crippen molar-refractivity contribution in [3.63, 3.8) is 0 Å². The summed E-state index contributed by atoms with van der Waals surface area (Å²) in [5.74, 6) is -1.25. The van der Waals surface area contributed by atoms with Crippen molar-refractivity contribution in [3.05, 3.63) is 35.9 Å². The van der Waals surface area contributed by atoms with Crippen molar-refractivity contribution < 1.29 is 23.9 Å². The van der Waals surface area contributed by atoms with Gasteiger partial charge in [-0.1, -0.05) is 38.0 Å². The van der Waals surface area contributed by atoms with Gasteiger partial charge in [-0.15, -0.1) is 0 Å². The first-order chi connectivity index (χ1) is 13.8. The number of esters is 1. The Morgan fingerprint density at radius 3 is 2.48 bits per heavy atom. The maximum atomic E-state index is 12.0. The molecule has 0 bridgehead atoms. The third kappa shape index (κ3) is 7.93. The van der Waals surface area contributed by atoms with Crippen LogP contribution < -0.4 is 16.0 Å². The molecular weight excluding hydrogens is 374 g/mol. The Hall–Kier alpha value is -2.90. The van der Waals surface area contributed by atoms with Gasteiger partial charge in [-0.3, -0.25) is 19.7 Å². The van der Waals surface area contributed by atoms with Crippen LogP contribution in [0.5, 0.6) is 0 Å². The maximum absolute atomic E-state index is 12.0. The molecule has 1 aliphatic carbocycles. The van der Waals surface area contributed by atoms with Crippen molar-refractivity contribution >= 4 is 23.8 Å². The molecule has 2 rings (SSSR count). The van der Waals surface area contributed by atoms with E-state index in [1.807, 2.05) is 0 Å². The molecule has 0 aliphatic heterocycles. The molecule has 0 radical (unpaired) electrons. The minimum absolute atomic E-state index is 0.0492. The molecule has 0 aromatic heterocycles. The number of imide groups is 1. The van der Waals surface area contributed by atoms with E-state index in [1.165, 1.54) is 0 Å². The summed E-state index contributed by atoms with van der Waals surface area (Å²) in [4.78, 5) is 47.6. The first-order valence-corrected chi connectivity index (χ1v) is 9.97. The lowest BCUT2D eigenvalue weighted by Crippen LogP contribution is -2.48. The molecule has 4 amide bonds. The number of amides is 4. The highest BCUT2D eigenvalue weighted by atomic mass is 16.5. The van der Waals surface area contributed by atoms with Crippen LogP contribution in [-0.4, -0.2) is 42.5 Å². The van der Waals surface area contributed by atoms with Gasteiger partial charge in [-0.2, -0.15) is 0 Å². The standard InChI is InChI=1S/C21H29N3O5/c1-14-8-6-7-11-17(14)23-21(28)24-18(25)13-29-19(26)12-15(2)22-20(27)16-9-4-3-5-10-16/h3-5,9-10,14-15,17H,6-8,11-13H2,1-2H3,(H,22,27)(H2,23,24,25,28). The van der Waals surface area contributed by atoms with E-state index in [0.717, 1.165) is 25.7 Å². The Kier molecular flexibility index (Phi) is 8.64. The Labute approximate surface area is 170 Å². The van der Waals surface area contributed by atoms with Crippen LogP contribution in [0, 0.1) is 5.92 Å². The van der Waals surface area contributed by atoms with Crippen LogP contribution in [0.4, 0.5) is 4.79 Å². The number of benzene rings is 1. The third-order valence-electron chi connectivity index (χ3n) is 4.93. The van der Waals surface area contributed by atoms with Gasteiger partial charge in [0.25, 0.3) is 11.8 Å². The zero-order valence-corrected chi connectivity index (χ0v) is 16.9. The molecule has 1 saturated carbocycles.